The van der Waals surface area contributed by atoms with E-state index < -0.39 is 0 Å². The smallest absolute Gasteiger partial charge is 0.122 e. The Morgan fingerprint density at radius 3 is 0.912 bits per heavy atom. The van der Waals surface area contributed by atoms with Gasteiger partial charge in [-0.1, -0.05) is 108 Å². The molecule has 0 unspecified atom stereocenters. The molecule has 0 aromatic heterocycles. The minimum atomic E-state index is -0.169. The van der Waals surface area contributed by atoms with Crippen molar-refractivity contribution < 1.29 is 20.4 Å². The molecule has 0 amide bonds. The average Bonchev–Trinajstić information content (AvgIpc) is 3.16. The monoisotopic (exact) mass is 760 g/mol. The van der Waals surface area contributed by atoms with E-state index in [2.05, 4.69) is 113 Å². The SMILES string of the molecule is C.Cc1cc(C(C)(C)c2ccc(C(C)(C)c3cc(C)c(O)c(C)c3)cc2)cc(C)c1O.Cc1cc2cc(-c3ccc4c(C)c(O)c(C)cc4c3)ccc2c(C)c1O. The third-order valence-electron chi connectivity index (χ3n) is 12.2. The Labute approximate surface area is 340 Å². The van der Waals surface area contributed by atoms with Gasteiger partial charge in [-0.15, -0.1) is 0 Å². The maximum absolute atomic E-state index is 10.2. The van der Waals surface area contributed by atoms with E-state index in [4.69, 9.17) is 0 Å². The fourth-order valence-electron chi connectivity index (χ4n) is 8.13. The topological polar surface area (TPSA) is 80.9 Å². The van der Waals surface area contributed by atoms with E-state index in [9.17, 15) is 20.4 Å². The summed E-state index contributed by atoms with van der Waals surface area (Å²) in [6.07, 6.45) is 0. The van der Waals surface area contributed by atoms with Crippen LogP contribution >= 0.6 is 0 Å². The van der Waals surface area contributed by atoms with Gasteiger partial charge in [0.1, 0.15) is 23.0 Å². The van der Waals surface area contributed by atoms with Crippen molar-refractivity contribution >= 4 is 21.5 Å². The highest BCUT2D eigenvalue weighted by molar-refractivity contribution is 5.95. The Balaban J connectivity index is 0.000000216. The normalized spacial score (nSPS) is 11.6. The standard InChI is InChI=1S/C28H34O2.C24H22O2.CH4/c1-17-13-23(14-18(2)25(17)29)27(5,6)21-9-11-22(12-10-21)28(7,8)24-15-19(3)26(30)20(4)16-24;1-13-9-19-11-17(5-7-21(19)15(3)23(13)25)18-6-8-22-16(4)24(26)14(2)10-20(22)12-18;/h9-16,29-30H,1-8H3;5-12,25-26H,1-4H3;1H4. The van der Waals surface area contributed by atoms with Gasteiger partial charge in [0.05, 0.1) is 0 Å². The summed E-state index contributed by atoms with van der Waals surface area (Å²) in [6.45, 7) is 24.5. The predicted molar refractivity (Wildman–Crippen MR) is 242 cm³/mol. The molecule has 0 saturated carbocycles. The second-order valence-electron chi connectivity index (χ2n) is 17.0. The first-order valence-corrected chi connectivity index (χ1v) is 19.4. The molecule has 296 valence electrons. The lowest BCUT2D eigenvalue weighted by Gasteiger charge is -2.30. The molecule has 7 aromatic carbocycles. The molecule has 7 rings (SSSR count). The number of fused-ring (bicyclic) bond motifs is 2. The number of hydrogen-bond donors (Lipinski definition) is 4. The van der Waals surface area contributed by atoms with Crippen molar-refractivity contribution in [3.8, 4) is 34.1 Å². The number of hydrogen-bond acceptors (Lipinski definition) is 4. The molecule has 0 aliphatic rings. The van der Waals surface area contributed by atoms with Crippen molar-refractivity contribution in [2.75, 3.05) is 0 Å². The summed E-state index contributed by atoms with van der Waals surface area (Å²) in [5.41, 5.74) is 14.1. The Kier molecular flexibility index (Phi) is 11.6. The Morgan fingerprint density at radius 1 is 0.333 bits per heavy atom. The Bertz CT molecular complexity index is 2410. The Morgan fingerprint density at radius 2 is 0.614 bits per heavy atom. The quantitative estimate of drug-likeness (QED) is 0.141. The van der Waals surface area contributed by atoms with E-state index in [0.29, 0.717) is 23.0 Å². The molecule has 4 heteroatoms. The van der Waals surface area contributed by atoms with Gasteiger partial charge in [-0.25, -0.2) is 0 Å². The minimum Gasteiger partial charge on any atom is -0.507 e. The van der Waals surface area contributed by atoms with Crippen LogP contribution in [0, 0.1) is 55.4 Å². The molecular weight excluding hydrogens is 701 g/mol. The highest BCUT2D eigenvalue weighted by Crippen LogP contribution is 2.40. The number of phenolic OH excluding ortho intramolecular Hbond substituents is 4. The lowest BCUT2D eigenvalue weighted by Crippen LogP contribution is -2.22. The van der Waals surface area contributed by atoms with Crippen LogP contribution in [0.4, 0.5) is 0 Å². The number of benzene rings is 7. The molecule has 0 heterocycles. The van der Waals surface area contributed by atoms with Crippen molar-refractivity contribution in [1.29, 1.82) is 0 Å². The second kappa shape index (κ2) is 15.7. The zero-order valence-corrected chi connectivity index (χ0v) is 35.0. The number of rotatable bonds is 5. The third-order valence-corrected chi connectivity index (χ3v) is 12.2. The molecule has 0 saturated heterocycles. The van der Waals surface area contributed by atoms with Gasteiger partial charge in [0.15, 0.2) is 0 Å². The van der Waals surface area contributed by atoms with Crippen LogP contribution in [-0.2, 0) is 10.8 Å². The van der Waals surface area contributed by atoms with Crippen LogP contribution in [-0.4, -0.2) is 20.4 Å². The van der Waals surface area contributed by atoms with Gasteiger partial charge in [0.2, 0.25) is 0 Å². The summed E-state index contributed by atoms with van der Waals surface area (Å²) in [5.74, 6) is 1.51. The lowest BCUT2D eigenvalue weighted by atomic mass is 9.74. The van der Waals surface area contributed by atoms with Gasteiger partial charge in [0.25, 0.3) is 0 Å². The van der Waals surface area contributed by atoms with E-state index in [1.807, 2.05) is 67.5 Å². The van der Waals surface area contributed by atoms with Crippen molar-refractivity contribution in [2.24, 2.45) is 0 Å². The predicted octanol–water partition coefficient (Wildman–Crippen LogP) is 13.9. The zero-order chi connectivity index (χ0) is 41.0. The van der Waals surface area contributed by atoms with Gasteiger partial charge in [0, 0.05) is 10.8 Å². The van der Waals surface area contributed by atoms with Crippen molar-refractivity contribution in [2.45, 2.75) is 101 Å². The number of aryl methyl sites for hydroxylation is 8. The van der Waals surface area contributed by atoms with Crippen LogP contribution in [0.5, 0.6) is 23.0 Å². The zero-order valence-electron chi connectivity index (χ0n) is 35.0. The largest absolute Gasteiger partial charge is 0.507 e. The second-order valence-corrected chi connectivity index (χ2v) is 17.0. The van der Waals surface area contributed by atoms with Crippen LogP contribution in [0.1, 0.15) is 102 Å². The number of phenols is 4. The van der Waals surface area contributed by atoms with Gasteiger partial charge in [-0.05, 0) is 179 Å². The van der Waals surface area contributed by atoms with Crippen LogP contribution < -0.4 is 0 Å². The minimum absolute atomic E-state index is 0. The molecule has 57 heavy (non-hydrogen) atoms. The highest BCUT2D eigenvalue weighted by Gasteiger charge is 2.28. The maximum Gasteiger partial charge on any atom is 0.122 e. The summed E-state index contributed by atoms with van der Waals surface area (Å²) < 4.78 is 0. The van der Waals surface area contributed by atoms with Gasteiger partial charge < -0.3 is 20.4 Å². The van der Waals surface area contributed by atoms with Crippen molar-refractivity contribution in [3.63, 3.8) is 0 Å². The molecule has 0 atom stereocenters. The maximum atomic E-state index is 10.2. The number of aromatic hydroxyl groups is 4. The van der Waals surface area contributed by atoms with E-state index in [0.717, 1.165) is 77.2 Å². The summed E-state index contributed by atoms with van der Waals surface area (Å²) in [6, 6.07) is 34.0. The molecule has 4 N–H and O–H groups in total. The molecule has 0 bridgehead atoms. The summed E-state index contributed by atoms with van der Waals surface area (Å²) >= 11 is 0. The third kappa shape index (κ3) is 7.83. The van der Waals surface area contributed by atoms with Gasteiger partial charge in [-0.2, -0.15) is 0 Å². The molecule has 0 radical (unpaired) electrons. The lowest BCUT2D eigenvalue weighted by molar-refractivity contribution is 0.465. The van der Waals surface area contributed by atoms with E-state index in [-0.39, 0.29) is 18.3 Å². The first kappa shape index (κ1) is 42.4. The summed E-state index contributed by atoms with van der Waals surface area (Å²) in [7, 11) is 0. The molecule has 7 aromatic rings. The van der Waals surface area contributed by atoms with Crippen LogP contribution in [0.25, 0.3) is 32.7 Å². The molecule has 0 fully saturated rings. The average molecular weight is 761 g/mol. The molecule has 0 aliphatic carbocycles. The molecule has 0 spiro atoms. The first-order chi connectivity index (χ1) is 26.2. The Hall–Kier alpha value is -5.74. The molecule has 0 aliphatic heterocycles. The molecule has 4 nitrogen and oxygen atoms in total. The van der Waals surface area contributed by atoms with Gasteiger partial charge >= 0.3 is 0 Å². The van der Waals surface area contributed by atoms with E-state index >= 15 is 0 Å². The van der Waals surface area contributed by atoms with Crippen LogP contribution in [0.3, 0.4) is 0 Å². The highest BCUT2D eigenvalue weighted by atomic mass is 16.3. The van der Waals surface area contributed by atoms with Crippen LogP contribution in [0.15, 0.2) is 97.1 Å². The van der Waals surface area contributed by atoms with Crippen LogP contribution in [0.2, 0.25) is 0 Å². The fourth-order valence-corrected chi connectivity index (χ4v) is 8.13. The van der Waals surface area contributed by atoms with E-state index in [1.165, 1.54) is 22.3 Å². The van der Waals surface area contributed by atoms with Crippen molar-refractivity contribution in [3.05, 3.63) is 164 Å². The van der Waals surface area contributed by atoms with Crippen molar-refractivity contribution in [1.82, 2.24) is 0 Å². The first-order valence-electron chi connectivity index (χ1n) is 19.4. The summed E-state index contributed by atoms with van der Waals surface area (Å²) in [4.78, 5) is 0. The fraction of sp³-hybridized carbons (Fsp3) is 0.283. The molecular formula is C53H60O4. The summed E-state index contributed by atoms with van der Waals surface area (Å²) in [5, 5.41) is 45.0. The van der Waals surface area contributed by atoms with Gasteiger partial charge in [-0.3, -0.25) is 0 Å². The van der Waals surface area contributed by atoms with E-state index in [1.54, 1.807) is 0 Å².